The molecule has 1 unspecified atom stereocenters. The van der Waals surface area contributed by atoms with Crippen molar-refractivity contribution >= 4 is 40.7 Å². The van der Waals surface area contributed by atoms with Gasteiger partial charge in [0, 0.05) is 0 Å². The topological polar surface area (TPSA) is 209 Å². The second-order valence-electron chi connectivity index (χ2n) is 7.46. The number of hydroxylamine groups is 1. The van der Waals surface area contributed by atoms with Gasteiger partial charge in [-0.2, -0.15) is 10.0 Å². The number of carbonyl (C=O) groups is 2. The first-order valence-corrected chi connectivity index (χ1v) is 10.8. The summed E-state index contributed by atoms with van der Waals surface area (Å²) in [7, 11) is 0. The summed E-state index contributed by atoms with van der Waals surface area (Å²) in [5.41, 5.74) is 5.75. The number of nitrogens with two attached hydrogens (primary N) is 1. The fourth-order valence-corrected chi connectivity index (χ4v) is 3.41. The highest BCUT2D eigenvalue weighted by molar-refractivity contribution is 7.98. The minimum absolute atomic E-state index is 0.0428. The van der Waals surface area contributed by atoms with Crippen molar-refractivity contribution in [3.63, 3.8) is 0 Å². The average Bonchev–Trinajstić information content (AvgIpc) is 3.32. The first kappa shape index (κ1) is 24.2. The smallest absolute Gasteiger partial charge is 0.354 e. The Balaban J connectivity index is 1.97. The van der Waals surface area contributed by atoms with Crippen LogP contribution in [0.15, 0.2) is 11.5 Å². The fourth-order valence-electron chi connectivity index (χ4n) is 3.06. The molecule has 0 radical (unpaired) electrons. The number of aromatic nitrogens is 4. The van der Waals surface area contributed by atoms with E-state index in [0.717, 1.165) is 11.8 Å². The van der Waals surface area contributed by atoms with Gasteiger partial charge in [-0.1, -0.05) is 25.6 Å². The van der Waals surface area contributed by atoms with E-state index >= 15 is 0 Å². The molecule has 1 saturated heterocycles. The molecule has 5 atom stereocenters. The van der Waals surface area contributed by atoms with Crippen LogP contribution in [0.4, 0.5) is 10.6 Å². The molecule has 3 heterocycles. The molecule has 1 aliphatic rings. The molecular weight excluding hydrogens is 446 g/mol. The normalized spacial score (nSPS) is 24.2. The third kappa shape index (κ3) is 4.40. The Kier molecular flexibility index (Phi) is 7.29. The molecule has 2 aromatic rings. The number of hydrogen-bond acceptors (Lipinski definition) is 12. The second-order valence-corrected chi connectivity index (χ2v) is 8.24. The Hall–Kier alpha value is -2.40. The number of imide groups is 1. The van der Waals surface area contributed by atoms with Crippen LogP contribution in [0, 0.1) is 5.92 Å². The van der Waals surface area contributed by atoms with E-state index in [1.807, 2.05) is 5.32 Å². The van der Waals surface area contributed by atoms with Crippen molar-refractivity contribution < 1.29 is 34.9 Å². The maximum atomic E-state index is 12.4. The van der Waals surface area contributed by atoms with Crippen molar-refractivity contribution in [3.05, 3.63) is 6.33 Å². The van der Waals surface area contributed by atoms with Crippen LogP contribution in [-0.2, 0) is 9.53 Å². The lowest BCUT2D eigenvalue weighted by Crippen LogP contribution is -2.50. The zero-order valence-corrected chi connectivity index (χ0v) is 18.3. The predicted octanol–water partition coefficient (Wildman–Crippen LogP) is -1.43. The number of imidazole rings is 1. The SMILES string of the molecule is CSc1nc(N(O)C(=O)NC(=O)C(N)C(C)C)c2ncn([C@@H]3O[C@H](CO)[C@@H](O)[C@H]3O)c2n1. The number of hydrogen-bond donors (Lipinski definition) is 6. The lowest BCUT2D eigenvalue weighted by Gasteiger charge is -2.19. The zero-order chi connectivity index (χ0) is 23.7. The van der Waals surface area contributed by atoms with Crippen molar-refractivity contribution in [2.24, 2.45) is 11.7 Å². The Bertz CT molecular complexity index is 1000. The molecule has 3 amide bonds. The van der Waals surface area contributed by atoms with Crippen LogP contribution in [0.25, 0.3) is 11.2 Å². The number of anilines is 1. The summed E-state index contributed by atoms with van der Waals surface area (Å²) in [6, 6.07) is -2.16. The number of nitrogens with one attached hydrogen (secondary N) is 1. The highest BCUT2D eigenvalue weighted by atomic mass is 32.2. The van der Waals surface area contributed by atoms with E-state index in [1.54, 1.807) is 20.1 Å². The molecule has 7 N–H and O–H groups in total. The van der Waals surface area contributed by atoms with Gasteiger partial charge in [-0.25, -0.2) is 14.8 Å². The van der Waals surface area contributed by atoms with Gasteiger partial charge in [-0.05, 0) is 12.2 Å². The number of rotatable bonds is 6. The van der Waals surface area contributed by atoms with E-state index in [2.05, 4.69) is 15.0 Å². The van der Waals surface area contributed by atoms with Gasteiger partial charge in [0.2, 0.25) is 5.91 Å². The quantitative estimate of drug-likeness (QED) is 0.124. The molecule has 15 heteroatoms. The number of urea groups is 1. The maximum Gasteiger partial charge on any atom is 0.354 e. The van der Waals surface area contributed by atoms with Crippen LogP contribution in [0.2, 0.25) is 0 Å². The molecule has 0 bridgehead atoms. The van der Waals surface area contributed by atoms with Crippen molar-refractivity contribution in [2.45, 2.75) is 49.6 Å². The van der Waals surface area contributed by atoms with Crippen LogP contribution in [0.3, 0.4) is 0 Å². The van der Waals surface area contributed by atoms with Gasteiger partial charge in [-0.3, -0.25) is 19.9 Å². The standard InChI is InChI=1S/C17H25N7O7S/c1-6(2)8(18)14(28)22-17(29)24(30)13-9-12(20-16(21-13)32-3)23(5-19-9)15-11(27)10(26)7(4-25)31-15/h5-8,10-11,15,25-27,30H,4,18H2,1-3H3,(H,22,28,29)/t7-,8?,10-,11-,15-/m1/s1. The number of thioether (sulfide) groups is 1. The summed E-state index contributed by atoms with van der Waals surface area (Å²) >= 11 is 1.10. The third-order valence-electron chi connectivity index (χ3n) is 5.00. The van der Waals surface area contributed by atoms with Gasteiger partial charge in [0.15, 0.2) is 28.4 Å². The molecule has 1 fully saturated rings. The summed E-state index contributed by atoms with van der Waals surface area (Å²) in [6.07, 6.45) is -2.03. The minimum Gasteiger partial charge on any atom is -0.394 e. The summed E-state index contributed by atoms with van der Waals surface area (Å²) in [6.45, 7) is 2.89. The molecule has 3 rings (SSSR count). The van der Waals surface area contributed by atoms with Crippen molar-refractivity contribution in [1.29, 1.82) is 0 Å². The third-order valence-corrected chi connectivity index (χ3v) is 5.55. The van der Waals surface area contributed by atoms with Gasteiger partial charge in [-0.15, -0.1) is 0 Å². The highest BCUT2D eigenvalue weighted by Crippen LogP contribution is 2.33. The van der Waals surface area contributed by atoms with Crippen LogP contribution in [0.5, 0.6) is 0 Å². The molecule has 176 valence electrons. The first-order valence-electron chi connectivity index (χ1n) is 9.61. The fraction of sp³-hybridized carbons (Fsp3) is 0.588. The average molecular weight is 471 g/mol. The van der Waals surface area contributed by atoms with Gasteiger partial charge >= 0.3 is 6.03 Å². The summed E-state index contributed by atoms with van der Waals surface area (Å²) in [5.74, 6) is -1.35. The maximum absolute atomic E-state index is 12.4. The Morgan fingerprint density at radius 3 is 2.59 bits per heavy atom. The van der Waals surface area contributed by atoms with Crippen LogP contribution >= 0.6 is 11.8 Å². The Labute approximate surface area is 186 Å². The number of carbonyl (C=O) groups excluding carboxylic acids is 2. The predicted molar refractivity (Wildman–Crippen MR) is 111 cm³/mol. The molecular formula is C17H25N7O7S. The van der Waals surface area contributed by atoms with E-state index in [4.69, 9.17) is 10.5 Å². The van der Waals surface area contributed by atoms with Gasteiger partial charge in [0.1, 0.15) is 18.3 Å². The summed E-state index contributed by atoms with van der Waals surface area (Å²) in [4.78, 5) is 37.0. The second kappa shape index (κ2) is 9.62. The lowest BCUT2D eigenvalue weighted by atomic mass is 10.1. The minimum atomic E-state index is -1.40. The Morgan fingerprint density at radius 2 is 2.03 bits per heavy atom. The molecule has 0 saturated carbocycles. The summed E-state index contributed by atoms with van der Waals surface area (Å²) in [5, 5.41) is 42.4. The van der Waals surface area contributed by atoms with E-state index in [-0.39, 0.29) is 33.1 Å². The van der Waals surface area contributed by atoms with Gasteiger partial charge in [0.05, 0.1) is 19.0 Å². The van der Waals surface area contributed by atoms with Gasteiger partial charge < -0.3 is 25.8 Å². The molecule has 14 nitrogen and oxygen atoms in total. The lowest BCUT2D eigenvalue weighted by molar-refractivity contribution is -0.122. The van der Waals surface area contributed by atoms with E-state index in [9.17, 15) is 30.1 Å². The number of fused-ring (bicyclic) bond motifs is 1. The van der Waals surface area contributed by atoms with E-state index in [1.165, 1.54) is 10.9 Å². The molecule has 32 heavy (non-hydrogen) atoms. The first-order chi connectivity index (χ1) is 15.1. The van der Waals surface area contributed by atoms with E-state index in [0.29, 0.717) is 0 Å². The Morgan fingerprint density at radius 1 is 1.34 bits per heavy atom. The molecule has 1 aliphatic heterocycles. The molecule has 2 aromatic heterocycles. The largest absolute Gasteiger partial charge is 0.394 e. The zero-order valence-electron chi connectivity index (χ0n) is 17.5. The van der Waals surface area contributed by atoms with Crippen molar-refractivity contribution in [3.8, 4) is 0 Å². The monoisotopic (exact) mass is 471 g/mol. The number of amides is 3. The molecule has 0 spiro atoms. The van der Waals surface area contributed by atoms with Crippen molar-refractivity contribution in [1.82, 2.24) is 24.8 Å². The van der Waals surface area contributed by atoms with E-state index < -0.39 is 49.1 Å². The number of aliphatic hydroxyl groups is 3. The van der Waals surface area contributed by atoms with Crippen LogP contribution in [0.1, 0.15) is 20.1 Å². The van der Waals surface area contributed by atoms with Crippen LogP contribution in [-0.4, -0.2) is 89.2 Å². The van der Waals surface area contributed by atoms with Crippen LogP contribution < -0.4 is 16.1 Å². The number of ether oxygens (including phenoxy) is 1. The molecule has 0 aromatic carbocycles. The number of aliphatic hydroxyl groups excluding tert-OH is 3. The van der Waals surface area contributed by atoms with Gasteiger partial charge in [0.25, 0.3) is 0 Å². The number of nitrogens with zero attached hydrogens (tertiary/aromatic N) is 5. The molecule has 0 aliphatic carbocycles. The highest BCUT2D eigenvalue weighted by Gasteiger charge is 2.44. The summed E-state index contributed by atoms with van der Waals surface area (Å²) < 4.78 is 6.79. The van der Waals surface area contributed by atoms with Crippen molar-refractivity contribution in [2.75, 3.05) is 17.9 Å².